The molecule has 3 heteroatoms. The molecule has 1 aromatic rings. The maximum atomic E-state index is 4.42. The Morgan fingerprint density at radius 3 is 2.44 bits per heavy atom. The van der Waals surface area contributed by atoms with Crippen LogP contribution < -0.4 is 10.2 Å². The van der Waals surface area contributed by atoms with Gasteiger partial charge in [-0.1, -0.05) is 0 Å². The molecule has 0 aromatic carbocycles. The number of hydrogen-bond acceptors (Lipinski definition) is 3. The van der Waals surface area contributed by atoms with Crippen molar-refractivity contribution < 1.29 is 0 Å². The highest BCUT2D eigenvalue weighted by Gasteiger charge is 2.14. The third-order valence-electron chi connectivity index (χ3n) is 3.06. The summed E-state index contributed by atoms with van der Waals surface area (Å²) in [5.41, 5.74) is 3.72. The smallest absolute Gasteiger partial charge is 0.0445 e. The summed E-state index contributed by atoms with van der Waals surface area (Å²) in [6.07, 6.45) is 1.99. The van der Waals surface area contributed by atoms with Gasteiger partial charge in [0.2, 0.25) is 0 Å². The van der Waals surface area contributed by atoms with E-state index in [2.05, 4.69) is 62.9 Å². The number of rotatable bonds is 4. The molecule has 0 saturated heterocycles. The molecule has 0 spiro atoms. The fourth-order valence-corrected chi connectivity index (χ4v) is 1.68. The van der Waals surface area contributed by atoms with Gasteiger partial charge in [-0.15, -0.1) is 0 Å². The van der Waals surface area contributed by atoms with Gasteiger partial charge in [-0.2, -0.15) is 0 Å². The number of pyridine rings is 1. The molecule has 1 heterocycles. The van der Waals surface area contributed by atoms with Crippen molar-refractivity contribution >= 4 is 5.69 Å². The first-order valence-corrected chi connectivity index (χ1v) is 6.64. The van der Waals surface area contributed by atoms with Gasteiger partial charge in [0.15, 0.2) is 0 Å². The highest BCUT2D eigenvalue weighted by atomic mass is 15.1. The van der Waals surface area contributed by atoms with E-state index in [-0.39, 0.29) is 5.54 Å². The van der Waals surface area contributed by atoms with E-state index < -0.39 is 0 Å². The zero-order valence-electron chi connectivity index (χ0n) is 12.8. The lowest BCUT2D eigenvalue weighted by atomic mass is 10.1. The number of aryl methyl sites for hydroxylation is 1. The fourth-order valence-electron chi connectivity index (χ4n) is 1.68. The molecule has 1 aromatic heterocycles. The zero-order valence-corrected chi connectivity index (χ0v) is 12.8. The summed E-state index contributed by atoms with van der Waals surface area (Å²) >= 11 is 0. The Kier molecular flexibility index (Phi) is 4.74. The van der Waals surface area contributed by atoms with Crippen LogP contribution in [0.25, 0.3) is 0 Å². The van der Waals surface area contributed by atoms with E-state index in [1.54, 1.807) is 0 Å². The quantitative estimate of drug-likeness (QED) is 0.888. The minimum Gasteiger partial charge on any atom is -0.372 e. The predicted octanol–water partition coefficient (Wildman–Crippen LogP) is 3.12. The lowest BCUT2D eigenvalue weighted by Gasteiger charge is -2.28. The SMILES string of the molecule is Cc1cc(N(C)C(C)C)c(CNC(C)(C)C)cn1. The van der Waals surface area contributed by atoms with Crippen molar-refractivity contribution in [3.63, 3.8) is 0 Å². The second-order valence-electron chi connectivity index (χ2n) is 6.26. The summed E-state index contributed by atoms with van der Waals surface area (Å²) in [5, 5.41) is 3.53. The molecular formula is C15H27N3. The Morgan fingerprint density at radius 2 is 1.94 bits per heavy atom. The fraction of sp³-hybridized carbons (Fsp3) is 0.667. The van der Waals surface area contributed by atoms with Gasteiger partial charge in [-0.25, -0.2) is 0 Å². The van der Waals surface area contributed by atoms with E-state index in [0.717, 1.165) is 12.2 Å². The van der Waals surface area contributed by atoms with Crippen LogP contribution in [0, 0.1) is 6.92 Å². The van der Waals surface area contributed by atoms with Crippen LogP contribution >= 0.6 is 0 Å². The van der Waals surface area contributed by atoms with Crippen molar-refractivity contribution in [3.05, 3.63) is 23.5 Å². The average Bonchev–Trinajstić information content (AvgIpc) is 2.25. The van der Waals surface area contributed by atoms with Crippen LogP contribution in [0.1, 0.15) is 45.9 Å². The van der Waals surface area contributed by atoms with Gasteiger partial charge in [0.25, 0.3) is 0 Å². The first kappa shape index (κ1) is 15.0. The van der Waals surface area contributed by atoms with E-state index in [9.17, 15) is 0 Å². The van der Waals surface area contributed by atoms with Crippen LogP contribution in [0.5, 0.6) is 0 Å². The van der Waals surface area contributed by atoms with Gasteiger partial charge in [-0.3, -0.25) is 4.98 Å². The summed E-state index contributed by atoms with van der Waals surface area (Å²) in [6.45, 7) is 13.8. The molecule has 1 rings (SSSR count). The Bertz CT molecular complexity index is 391. The van der Waals surface area contributed by atoms with E-state index in [1.165, 1.54) is 11.3 Å². The van der Waals surface area contributed by atoms with Gasteiger partial charge in [0.05, 0.1) is 0 Å². The van der Waals surface area contributed by atoms with Crippen molar-refractivity contribution in [1.29, 1.82) is 0 Å². The monoisotopic (exact) mass is 249 g/mol. The van der Waals surface area contributed by atoms with Crippen LogP contribution in [-0.2, 0) is 6.54 Å². The molecule has 0 aliphatic heterocycles. The summed E-state index contributed by atoms with van der Waals surface area (Å²) in [7, 11) is 2.14. The average molecular weight is 249 g/mol. The van der Waals surface area contributed by atoms with Gasteiger partial charge < -0.3 is 10.2 Å². The molecule has 102 valence electrons. The van der Waals surface area contributed by atoms with E-state index in [4.69, 9.17) is 0 Å². The molecule has 0 aliphatic rings. The van der Waals surface area contributed by atoms with Crippen molar-refractivity contribution in [2.24, 2.45) is 0 Å². The number of anilines is 1. The highest BCUT2D eigenvalue weighted by Crippen LogP contribution is 2.22. The van der Waals surface area contributed by atoms with Crippen LogP contribution in [0.2, 0.25) is 0 Å². The lowest BCUT2D eigenvalue weighted by molar-refractivity contribution is 0.424. The van der Waals surface area contributed by atoms with Gasteiger partial charge >= 0.3 is 0 Å². The molecule has 0 atom stereocenters. The summed E-state index contributed by atoms with van der Waals surface area (Å²) in [6, 6.07) is 2.65. The standard InChI is InChI=1S/C15H27N3/c1-11(2)18(7)14-8-12(3)16-9-13(14)10-17-15(4,5)6/h8-9,11,17H,10H2,1-7H3. The number of nitrogens with one attached hydrogen (secondary N) is 1. The number of nitrogens with zero attached hydrogens (tertiary/aromatic N) is 2. The van der Waals surface area contributed by atoms with Gasteiger partial charge in [-0.05, 0) is 47.6 Å². The van der Waals surface area contributed by atoms with E-state index in [0.29, 0.717) is 6.04 Å². The molecule has 0 fully saturated rings. The number of hydrogen-bond donors (Lipinski definition) is 1. The van der Waals surface area contributed by atoms with E-state index in [1.807, 2.05) is 13.1 Å². The normalized spacial score (nSPS) is 12.0. The molecule has 3 nitrogen and oxygen atoms in total. The first-order valence-electron chi connectivity index (χ1n) is 6.64. The zero-order chi connectivity index (χ0) is 13.9. The summed E-state index contributed by atoms with van der Waals surface area (Å²) in [5.74, 6) is 0. The van der Waals surface area contributed by atoms with Crippen molar-refractivity contribution in [2.75, 3.05) is 11.9 Å². The molecule has 0 radical (unpaired) electrons. The molecule has 0 unspecified atom stereocenters. The topological polar surface area (TPSA) is 28.2 Å². The Hall–Kier alpha value is -1.09. The summed E-state index contributed by atoms with van der Waals surface area (Å²) < 4.78 is 0. The Labute approximate surface area is 112 Å². The molecule has 1 N–H and O–H groups in total. The third kappa shape index (κ3) is 4.30. The summed E-state index contributed by atoms with van der Waals surface area (Å²) in [4.78, 5) is 6.72. The van der Waals surface area contributed by atoms with Crippen molar-refractivity contribution in [2.45, 2.75) is 59.7 Å². The number of aromatic nitrogens is 1. The highest BCUT2D eigenvalue weighted by molar-refractivity contribution is 5.53. The predicted molar refractivity (Wildman–Crippen MR) is 79.1 cm³/mol. The molecule has 0 bridgehead atoms. The maximum absolute atomic E-state index is 4.42. The molecule has 0 aliphatic carbocycles. The molecular weight excluding hydrogens is 222 g/mol. The molecule has 0 amide bonds. The van der Waals surface area contributed by atoms with E-state index >= 15 is 0 Å². The van der Waals surface area contributed by atoms with Crippen molar-refractivity contribution in [3.8, 4) is 0 Å². The third-order valence-corrected chi connectivity index (χ3v) is 3.06. The second-order valence-corrected chi connectivity index (χ2v) is 6.26. The Balaban J connectivity index is 2.96. The van der Waals surface area contributed by atoms with Gasteiger partial charge in [0.1, 0.15) is 0 Å². The van der Waals surface area contributed by atoms with Crippen LogP contribution in [0.15, 0.2) is 12.3 Å². The minimum absolute atomic E-state index is 0.124. The largest absolute Gasteiger partial charge is 0.372 e. The van der Waals surface area contributed by atoms with Gasteiger partial charge in [0, 0.05) is 48.3 Å². The van der Waals surface area contributed by atoms with Crippen LogP contribution in [-0.4, -0.2) is 23.6 Å². The van der Waals surface area contributed by atoms with Crippen molar-refractivity contribution in [1.82, 2.24) is 10.3 Å². The minimum atomic E-state index is 0.124. The molecule has 18 heavy (non-hydrogen) atoms. The lowest BCUT2D eigenvalue weighted by Crippen LogP contribution is -2.36. The maximum Gasteiger partial charge on any atom is 0.0445 e. The Morgan fingerprint density at radius 1 is 1.33 bits per heavy atom. The van der Waals surface area contributed by atoms with Crippen LogP contribution in [0.4, 0.5) is 5.69 Å². The first-order chi connectivity index (χ1) is 8.20. The molecule has 0 saturated carbocycles. The van der Waals surface area contributed by atoms with Crippen LogP contribution in [0.3, 0.4) is 0 Å². The second kappa shape index (κ2) is 5.70.